The van der Waals surface area contributed by atoms with Crippen molar-refractivity contribution >= 4 is 0 Å². The first kappa shape index (κ1) is 12.6. The minimum atomic E-state index is -1.05. The van der Waals surface area contributed by atoms with Crippen LogP contribution < -0.4 is 5.73 Å². The van der Waals surface area contributed by atoms with Crippen molar-refractivity contribution in [3.8, 4) is 5.69 Å². The zero-order chi connectivity index (χ0) is 13.3. The van der Waals surface area contributed by atoms with Gasteiger partial charge in [0, 0.05) is 12.1 Å². The molecule has 1 aromatic heterocycles. The summed E-state index contributed by atoms with van der Waals surface area (Å²) in [6.07, 6.45) is 1.95. The lowest BCUT2D eigenvalue weighted by molar-refractivity contribution is 0.526. The molecule has 0 aliphatic rings. The average molecular weight is 256 g/mol. The van der Waals surface area contributed by atoms with Gasteiger partial charge >= 0.3 is 0 Å². The molecule has 0 radical (unpaired) electrons. The molecule has 1 atom stereocenters. The molecule has 0 saturated carbocycles. The highest BCUT2D eigenvalue weighted by Crippen LogP contribution is 2.19. The van der Waals surface area contributed by atoms with Crippen LogP contribution in [0.4, 0.5) is 13.2 Å². The van der Waals surface area contributed by atoms with Gasteiger partial charge in [0.05, 0.1) is 17.9 Å². The fourth-order valence-electron chi connectivity index (χ4n) is 1.52. The van der Waals surface area contributed by atoms with Gasteiger partial charge in [-0.25, -0.2) is 17.9 Å². The van der Waals surface area contributed by atoms with Crippen molar-refractivity contribution in [3.05, 3.63) is 41.5 Å². The molecule has 0 saturated heterocycles. The zero-order valence-electron chi connectivity index (χ0n) is 9.57. The highest BCUT2D eigenvalue weighted by atomic mass is 19.1. The predicted molar refractivity (Wildman–Crippen MR) is 58.5 cm³/mol. The molecule has 2 N–H and O–H groups in total. The Hall–Kier alpha value is -1.89. The summed E-state index contributed by atoms with van der Waals surface area (Å²) in [4.78, 5) is 0. The third-order valence-corrected chi connectivity index (χ3v) is 2.54. The lowest BCUT2D eigenvalue weighted by atomic mass is 10.2. The van der Waals surface area contributed by atoms with Crippen LogP contribution in [-0.4, -0.2) is 15.0 Å². The van der Waals surface area contributed by atoms with Crippen LogP contribution in [0.15, 0.2) is 18.3 Å². The van der Waals surface area contributed by atoms with E-state index in [-0.39, 0.29) is 6.04 Å². The largest absolute Gasteiger partial charge is 0.323 e. The Morgan fingerprint density at radius 2 is 1.89 bits per heavy atom. The SMILES string of the molecule is CCC(N)c1cn(-c2c(F)cc(F)cc2F)nn1. The Morgan fingerprint density at radius 3 is 2.44 bits per heavy atom. The Morgan fingerprint density at radius 1 is 1.28 bits per heavy atom. The van der Waals surface area contributed by atoms with Crippen LogP contribution in [0, 0.1) is 17.5 Å². The summed E-state index contributed by atoms with van der Waals surface area (Å²) < 4.78 is 40.7. The van der Waals surface area contributed by atoms with Crippen LogP contribution in [0.2, 0.25) is 0 Å². The van der Waals surface area contributed by atoms with Crippen molar-refractivity contribution in [2.45, 2.75) is 19.4 Å². The molecule has 0 spiro atoms. The third kappa shape index (κ3) is 2.21. The van der Waals surface area contributed by atoms with Crippen LogP contribution in [0.25, 0.3) is 5.69 Å². The summed E-state index contributed by atoms with van der Waals surface area (Å²) in [5.41, 5.74) is 5.67. The van der Waals surface area contributed by atoms with E-state index in [0.717, 1.165) is 4.68 Å². The maximum absolute atomic E-state index is 13.5. The fraction of sp³-hybridized carbons (Fsp3) is 0.273. The Balaban J connectivity index is 2.46. The molecule has 1 aromatic carbocycles. The van der Waals surface area contributed by atoms with E-state index in [4.69, 9.17) is 5.73 Å². The quantitative estimate of drug-likeness (QED) is 0.914. The Bertz CT molecular complexity index is 544. The number of benzene rings is 1. The average Bonchev–Trinajstić information content (AvgIpc) is 2.76. The molecule has 7 heteroatoms. The number of aromatic nitrogens is 3. The topological polar surface area (TPSA) is 56.7 Å². The second-order valence-electron chi connectivity index (χ2n) is 3.82. The highest BCUT2D eigenvalue weighted by molar-refractivity contribution is 5.34. The van der Waals surface area contributed by atoms with E-state index in [1.54, 1.807) is 0 Å². The van der Waals surface area contributed by atoms with Crippen LogP contribution >= 0.6 is 0 Å². The van der Waals surface area contributed by atoms with Crippen LogP contribution in [0.5, 0.6) is 0 Å². The summed E-state index contributed by atoms with van der Waals surface area (Å²) in [5, 5.41) is 7.32. The smallest absolute Gasteiger partial charge is 0.154 e. The third-order valence-electron chi connectivity index (χ3n) is 2.54. The van der Waals surface area contributed by atoms with Gasteiger partial charge in [-0.05, 0) is 6.42 Å². The monoisotopic (exact) mass is 256 g/mol. The molecule has 0 aliphatic heterocycles. The summed E-state index contributed by atoms with van der Waals surface area (Å²) >= 11 is 0. The van der Waals surface area contributed by atoms with E-state index in [1.165, 1.54) is 6.20 Å². The number of nitrogens with zero attached hydrogens (tertiary/aromatic N) is 3. The van der Waals surface area contributed by atoms with Crippen molar-refractivity contribution in [1.82, 2.24) is 15.0 Å². The zero-order valence-corrected chi connectivity index (χ0v) is 9.57. The lowest BCUT2D eigenvalue weighted by Crippen LogP contribution is -2.08. The van der Waals surface area contributed by atoms with Crippen molar-refractivity contribution in [2.24, 2.45) is 5.73 Å². The van der Waals surface area contributed by atoms with Gasteiger partial charge in [0.25, 0.3) is 0 Å². The number of halogens is 3. The van der Waals surface area contributed by atoms with E-state index >= 15 is 0 Å². The molecule has 0 aliphatic carbocycles. The number of rotatable bonds is 3. The van der Waals surface area contributed by atoms with Gasteiger partial charge in [0.1, 0.15) is 11.5 Å². The fourth-order valence-corrected chi connectivity index (χ4v) is 1.52. The minimum Gasteiger partial charge on any atom is -0.323 e. The molecule has 2 rings (SSSR count). The summed E-state index contributed by atoms with van der Waals surface area (Å²) in [6.45, 7) is 1.85. The van der Waals surface area contributed by atoms with Gasteiger partial charge in [-0.15, -0.1) is 5.10 Å². The van der Waals surface area contributed by atoms with Crippen molar-refractivity contribution in [2.75, 3.05) is 0 Å². The van der Waals surface area contributed by atoms with Gasteiger partial charge in [-0.1, -0.05) is 12.1 Å². The van der Waals surface area contributed by atoms with E-state index in [2.05, 4.69) is 10.3 Å². The molecule has 2 aromatic rings. The number of nitrogens with two attached hydrogens (primary N) is 1. The molecular formula is C11H11F3N4. The molecule has 1 unspecified atom stereocenters. The molecule has 0 bridgehead atoms. The molecule has 18 heavy (non-hydrogen) atoms. The van der Waals surface area contributed by atoms with Gasteiger partial charge in [0.15, 0.2) is 11.6 Å². The normalized spacial score (nSPS) is 12.7. The van der Waals surface area contributed by atoms with Gasteiger partial charge < -0.3 is 5.73 Å². The van der Waals surface area contributed by atoms with E-state index in [9.17, 15) is 13.2 Å². The molecule has 1 heterocycles. The van der Waals surface area contributed by atoms with Gasteiger partial charge in [0.2, 0.25) is 0 Å². The summed E-state index contributed by atoms with van der Waals surface area (Å²) in [7, 11) is 0. The molecule has 0 amide bonds. The van der Waals surface area contributed by atoms with Crippen LogP contribution in [0.1, 0.15) is 25.1 Å². The van der Waals surface area contributed by atoms with Crippen molar-refractivity contribution < 1.29 is 13.2 Å². The maximum atomic E-state index is 13.5. The predicted octanol–water partition coefficient (Wildman–Crippen LogP) is 2.09. The van der Waals surface area contributed by atoms with Crippen LogP contribution in [-0.2, 0) is 0 Å². The standard InChI is InChI=1S/C11H11F3N4/c1-2-9(15)10-5-18(17-16-10)11-7(13)3-6(12)4-8(11)14/h3-5,9H,2,15H2,1H3. The van der Waals surface area contributed by atoms with Gasteiger partial charge in [-0.2, -0.15) is 0 Å². The van der Waals surface area contributed by atoms with Crippen LogP contribution in [0.3, 0.4) is 0 Å². The van der Waals surface area contributed by atoms with E-state index in [1.807, 2.05) is 6.92 Å². The Kier molecular flexibility index (Phi) is 3.33. The maximum Gasteiger partial charge on any atom is 0.154 e. The summed E-state index contributed by atoms with van der Waals surface area (Å²) in [6, 6.07) is 0.810. The highest BCUT2D eigenvalue weighted by Gasteiger charge is 2.16. The van der Waals surface area contributed by atoms with Crippen molar-refractivity contribution in [3.63, 3.8) is 0 Å². The number of hydrogen-bond donors (Lipinski definition) is 1. The molecule has 96 valence electrons. The first-order valence-electron chi connectivity index (χ1n) is 5.35. The van der Waals surface area contributed by atoms with Gasteiger partial charge in [-0.3, -0.25) is 0 Å². The molecule has 4 nitrogen and oxygen atoms in total. The van der Waals surface area contributed by atoms with Crippen molar-refractivity contribution in [1.29, 1.82) is 0 Å². The minimum absolute atomic E-state index is 0.356. The number of hydrogen-bond acceptors (Lipinski definition) is 3. The molecular weight excluding hydrogens is 245 g/mol. The molecule has 0 fully saturated rings. The lowest BCUT2D eigenvalue weighted by Gasteiger charge is -2.04. The second kappa shape index (κ2) is 4.77. The second-order valence-corrected chi connectivity index (χ2v) is 3.82. The summed E-state index contributed by atoms with van der Waals surface area (Å²) in [5.74, 6) is -3.08. The first-order chi connectivity index (χ1) is 8.52. The van der Waals surface area contributed by atoms with E-state index in [0.29, 0.717) is 24.2 Å². The first-order valence-corrected chi connectivity index (χ1v) is 5.35. The van der Waals surface area contributed by atoms with E-state index < -0.39 is 23.1 Å². The Labute approximate surface area is 101 Å².